The van der Waals surface area contributed by atoms with Crippen LogP contribution in [0.2, 0.25) is 5.02 Å². The zero-order valence-corrected chi connectivity index (χ0v) is 9.22. The molecule has 1 aromatic carbocycles. The lowest BCUT2D eigenvalue weighted by Crippen LogP contribution is -2.45. The first-order valence-electron chi connectivity index (χ1n) is 4.98. The second-order valence-electron chi connectivity index (χ2n) is 3.77. The van der Waals surface area contributed by atoms with Gasteiger partial charge in [0.1, 0.15) is 17.7 Å². The summed E-state index contributed by atoms with van der Waals surface area (Å²) in [6, 6.07) is 4.74. The van der Waals surface area contributed by atoms with Crippen molar-refractivity contribution in [2.24, 2.45) is 0 Å². The van der Waals surface area contributed by atoms with Crippen molar-refractivity contribution in [3.63, 3.8) is 0 Å². The van der Waals surface area contributed by atoms with Crippen LogP contribution in [0.15, 0.2) is 18.2 Å². The molecule has 0 heterocycles. The molecule has 0 spiro atoms. The van der Waals surface area contributed by atoms with Gasteiger partial charge < -0.3 is 10.1 Å². The molecule has 4 heteroatoms. The number of benzene rings is 1. The minimum atomic E-state index is -0.339. The van der Waals surface area contributed by atoms with E-state index in [2.05, 4.69) is 5.32 Å². The number of halogens is 2. The van der Waals surface area contributed by atoms with Crippen LogP contribution in [0.25, 0.3) is 0 Å². The zero-order valence-electron chi connectivity index (χ0n) is 8.47. The summed E-state index contributed by atoms with van der Waals surface area (Å²) < 4.78 is 18.4. The van der Waals surface area contributed by atoms with Crippen LogP contribution in [0, 0.1) is 5.82 Å². The van der Waals surface area contributed by atoms with Crippen molar-refractivity contribution in [2.45, 2.75) is 25.0 Å². The van der Waals surface area contributed by atoms with Crippen LogP contribution in [0.4, 0.5) is 4.39 Å². The Kier molecular flexibility index (Phi) is 3.12. The Balaban J connectivity index is 1.94. The lowest BCUT2D eigenvalue weighted by molar-refractivity contribution is 0.0885. The van der Waals surface area contributed by atoms with E-state index in [1.54, 1.807) is 6.07 Å². The SMILES string of the molecule is CNC1CC(Oc2ccc(F)cc2Cl)C1. The van der Waals surface area contributed by atoms with Gasteiger partial charge in [-0.05, 0) is 38.1 Å². The molecular weight excluding hydrogens is 217 g/mol. The molecule has 0 aliphatic heterocycles. The van der Waals surface area contributed by atoms with E-state index in [0.717, 1.165) is 12.8 Å². The molecule has 1 N–H and O–H groups in total. The van der Waals surface area contributed by atoms with E-state index in [9.17, 15) is 4.39 Å². The summed E-state index contributed by atoms with van der Waals surface area (Å²) in [5, 5.41) is 3.50. The predicted molar refractivity (Wildman–Crippen MR) is 57.9 cm³/mol. The summed E-state index contributed by atoms with van der Waals surface area (Å²) in [5.74, 6) is 0.228. The highest BCUT2D eigenvalue weighted by Gasteiger charge is 2.29. The quantitative estimate of drug-likeness (QED) is 0.860. The third-order valence-corrected chi connectivity index (χ3v) is 2.99. The number of rotatable bonds is 3. The molecule has 1 aliphatic carbocycles. The van der Waals surface area contributed by atoms with Gasteiger partial charge in [0.2, 0.25) is 0 Å². The molecular formula is C11H13ClFNO. The Morgan fingerprint density at radius 1 is 1.47 bits per heavy atom. The Labute approximate surface area is 93.4 Å². The van der Waals surface area contributed by atoms with Gasteiger partial charge in [-0.2, -0.15) is 0 Å². The van der Waals surface area contributed by atoms with Crippen LogP contribution in [0.3, 0.4) is 0 Å². The van der Waals surface area contributed by atoms with Crippen LogP contribution in [0.5, 0.6) is 5.75 Å². The van der Waals surface area contributed by atoms with Crippen LogP contribution < -0.4 is 10.1 Å². The van der Waals surface area contributed by atoms with E-state index in [-0.39, 0.29) is 11.9 Å². The van der Waals surface area contributed by atoms with Gasteiger partial charge in [-0.1, -0.05) is 11.6 Å². The molecule has 0 bridgehead atoms. The fourth-order valence-electron chi connectivity index (χ4n) is 1.65. The minimum absolute atomic E-state index is 0.199. The first kappa shape index (κ1) is 10.7. The van der Waals surface area contributed by atoms with Crippen LogP contribution in [-0.4, -0.2) is 19.2 Å². The molecule has 1 aliphatic rings. The molecule has 0 radical (unpaired) electrons. The lowest BCUT2D eigenvalue weighted by atomic mass is 9.89. The Hall–Kier alpha value is -0.800. The summed E-state index contributed by atoms with van der Waals surface area (Å²) >= 11 is 5.84. The molecule has 0 amide bonds. The molecule has 0 atom stereocenters. The predicted octanol–water partition coefficient (Wildman–Crippen LogP) is 2.61. The monoisotopic (exact) mass is 229 g/mol. The highest BCUT2D eigenvalue weighted by atomic mass is 35.5. The largest absolute Gasteiger partial charge is 0.489 e. The fraction of sp³-hybridized carbons (Fsp3) is 0.455. The van der Waals surface area contributed by atoms with Gasteiger partial charge >= 0.3 is 0 Å². The zero-order chi connectivity index (χ0) is 10.8. The maximum Gasteiger partial charge on any atom is 0.138 e. The van der Waals surface area contributed by atoms with Gasteiger partial charge in [-0.15, -0.1) is 0 Å². The van der Waals surface area contributed by atoms with E-state index in [4.69, 9.17) is 16.3 Å². The van der Waals surface area contributed by atoms with Gasteiger partial charge in [0.15, 0.2) is 0 Å². The summed E-state index contributed by atoms with van der Waals surface area (Å²) in [6.07, 6.45) is 2.15. The van der Waals surface area contributed by atoms with Crippen molar-refractivity contribution in [3.05, 3.63) is 29.0 Å². The lowest BCUT2D eigenvalue weighted by Gasteiger charge is -2.35. The first-order valence-corrected chi connectivity index (χ1v) is 5.36. The molecule has 0 unspecified atom stereocenters. The molecule has 1 aromatic rings. The van der Waals surface area contributed by atoms with E-state index < -0.39 is 0 Å². The number of hydrogen-bond donors (Lipinski definition) is 1. The second kappa shape index (κ2) is 4.37. The molecule has 2 nitrogen and oxygen atoms in total. The average Bonchev–Trinajstić information content (AvgIpc) is 2.13. The Morgan fingerprint density at radius 3 is 2.80 bits per heavy atom. The van der Waals surface area contributed by atoms with Crippen molar-refractivity contribution in [2.75, 3.05) is 7.05 Å². The van der Waals surface area contributed by atoms with Crippen molar-refractivity contribution in [1.82, 2.24) is 5.32 Å². The molecule has 82 valence electrons. The highest BCUT2D eigenvalue weighted by molar-refractivity contribution is 6.32. The smallest absolute Gasteiger partial charge is 0.138 e. The standard InChI is InChI=1S/C11H13ClFNO/c1-14-8-5-9(6-8)15-11-3-2-7(13)4-10(11)12/h2-4,8-9,14H,5-6H2,1H3. The van der Waals surface area contributed by atoms with Crippen molar-refractivity contribution in [3.8, 4) is 5.75 Å². The summed E-state index contributed by atoms with van der Waals surface area (Å²) in [4.78, 5) is 0. The van der Waals surface area contributed by atoms with Crippen molar-refractivity contribution in [1.29, 1.82) is 0 Å². The van der Waals surface area contributed by atoms with Crippen LogP contribution in [0.1, 0.15) is 12.8 Å². The van der Waals surface area contributed by atoms with Crippen LogP contribution >= 0.6 is 11.6 Å². The maximum absolute atomic E-state index is 12.7. The van der Waals surface area contributed by atoms with E-state index in [1.807, 2.05) is 7.05 Å². The van der Waals surface area contributed by atoms with Gasteiger partial charge in [-0.3, -0.25) is 0 Å². The van der Waals surface area contributed by atoms with E-state index in [0.29, 0.717) is 16.8 Å². The molecule has 15 heavy (non-hydrogen) atoms. The van der Waals surface area contributed by atoms with Gasteiger partial charge in [0.05, 0.1) is 5.02 Å². The number of ether oxygens (including phenoxy) is 1. The van der Waals surface area contributed by atoms with Crippen LogP contribution in [-0.2, 0) is 0 Å². The molecule has 1 fully saturated rings. The number of nitrogens with one attached hydrogen (secondary N) is 1. The minimum Gasteiger partial charge on any atom is -0.489 e. The third-order valence-electron chi connectivity index (χ3n) is 2.69. The van der Waals surface area contributed by atoms with Gasteiger partial charge in [-0.25, -0.2) is 4.39 Å². The van der Waals surface area contributed by atoms with Crippen molar-refractivity contribution >= 4 is 11.6 Å². The van der Waals surface area contributed by atoms with Crippen molar-refractivity contribution < 1.29 is 9.13 Å². The Morgan fingerprint density at radius 2 is 2.20 bits per heavy atom. The van der Waals surface area contributed by atoms with Gasteiger partial charge in [0.25, 0.3) is 0 Å². The Bertz CT molecular complexity index is 352. The second-order valence-corrected chi connectivity index (χ2v) is 4.18. The van der Waals surface area contributed by atoms with E-state index in [1.165, 1.54) is 12.1 Å². The summed E-state index contributed by atoms with van der Waals surface area (Å²) in [7, 11) is 1.94. The van der Waals surface area contributed by atoms with E-state index >= 15 is 0 Å². The molecule has 1 saturated carbocycles. The highest BCUT2D eigenvalue weighted by Crippen LogP contribution is 2.30. The summed E-state index contributed by atoms with van der Waals surface area (Å²) in [6.45, 7) is 0. The first-order chi connectivity index (χ1) is 7.19. The molecule has 0 saturated heterocycles. The topological polar surface area (TPSA) is 21.3 Å². The maximum atomic E-state index is 12.7. The van der Waals surface area contributed by atoms with Gasteiger partial charge in [0, 0.05) is 6.04 Å². The normalized spacial score (nSPS) is 24.7. The third kappa shape index (κ3) is 2.41. The fourth-order valence-corrected chi connectivity index (χ4v) is 1.86. The summed E-state index contributed by atoms with van der Waals surface area (Å²) in [5.41, 5.74) is 0. The number of hydrogen-bond acceptors (Lipinski definition) is 2. The molecule has 2 rings (SSSR count). The average molecular weight is 230 g/mol. The molecule has 0 aromatic heterocycles.